The molecule has 6 rings (SSSR count). The highest BCUT2D eigenvalue weighted by atomic mass is 16.6. The molecule has 1 aliphatic heterocycles. The maximum Gasteiger partial charge on any atom is 0.338 e. The van der Waals surface area contributed by atoms with Crippen molar-refractivity contribution in [2.24, 2.45) is 0 Å². The van der Waals surface area contributed by atoms with Gasteiger partial charge in [0.25, 0.3) is 0 Å². The molecule has 0 spiro atoms. The van der Waals surface area contributed by atoms with Gasteiger partial charge >= 0.3 is 11.9 Å². The van der Waals surface area contributed by atoms with Crippen LogP contribution < -0.4 is 0 Å². The van der Waals surface area contributed by atoms with E-state index in [1.54, 1.807) is 24.3 Å². The molecule has 200 valence electrons. The first kappa shape index (κ1) is 25.8. The molecule has 1 saturated heterocycles. The Hall–Kier alpha value is -4.48. The average molecular weight is 531 g/mol. The lowest BCUT2D eigenvalue weighted by molar-refractivity contribution is -0.0425. The topological polar surface area (TPSA) is 61.8 Å². The van der Waals surface area contributed by atoms with E-state index in [1.165, 1.54) is 10.8 Å². The van der Waals surface area contributed by atoms with Crippen LogP contribution in [0.2, 0.25) is 0 Å². The fourth-order valence-corrected chi connectivity index (χ4v) is 5.36. The minimum atomic E-state index is -0.607. The zero-order valence-electron chi connectivity index (χ0n) is 22.5. The third-order valence-electron chi connectivity index (χ3n) is 7.58. The van der Waals surface area contributed by atoms with Gasteiger partial charge in [0, 0.05) is 6.42 Å². The summed E-state index contributed by atoms with van der Waals surface area (Å²) in [5.41, 5.74) is 4.08. The van der Waals surface area contributed by atoms with E-state index in [-0.39, 0.29) is 12.7 Å². The van der Waals surface area contributed by atoms with Crippen molar-refractivity contribution in [2.45, 2.75) is 38.6 Å². The zero-order chi connectivity index (χ0) is 27.6. The Morgan fingerprint density at radius 1 is 0.700 bits per heavy atom. The second-order valence-corrected chi connectivity index (χ2v) is 10.4. The van der Waals surface area contributed by atoms with Crippen LogP contribution in [0, 0.1) is 13.8 Å². The van der Waals surface area contributed by atoms with Crippen LogP contribution in [-0.4, -0.2) is 30.8 Å². The van der Waals surface area contributed by atoms with Crippen LogP contribution in [-0.2, 0) is 14.2 Å². The summed E-state index contributed by atoms with van der Waals surface area (Å²) in [4.78, 5) is 25.8. The van der Waals surface area contributed by atoms with Gasteiger partial charge in [0.1, 0.15) is 18.8 Å². The summed E-state index contributed by atoms with van der Waals surface area (Å²) in [5, 5.41) is 4.57. The van der Waals surface area contributed by atoms with Crippen molar-refractivity contribution in [3.63, 3.8) is 0 Å². The van der Waals surface area contributed by atoms with Gasteiger partial charge in [-0.1, -0.05) is 90.0 Å². The third-order valence-corrected chi connectivity index (χ3v) is 7.58. The number of ether oxygens (including phenoxy) is 3. The third kappa shape index (κ3) is 5.21. The minimum absolute atomic E-state index is 0.0250. The highest BCUT2D eigenvalue weighted by Crippen LogP contribution is 2.40. The number of carbonyl (C=O) groups is 2. The lowest BCUT2D eigenvalue weighted by atomic mass is 9.94. The van der Waals surface area contributed by atoms with Crippen LogP contribution in [0.25, 0.3) is 21.5 Å². The number of carbonyl (C=O) groups excluding carboxylic acids is 2. The van der Waals surface area contributed by atoms with E-state index < -0.39 is 24.1 Å². The molecule has 0 bridgehead atoms. The summed E-state index contributed by atoms with van der Waals surface area (Å²) in [6.07, 6.45) is -1.07. The first-order valence-electron chi connectivity index (χ1n) is 13.5. The van der Waals surface area contributed by atoms with E-state index in [9.17, 15) is 9.59 Å². The number of hydrogen-bond donors (Lipinski definition) is 0. The highest BCUT2D eigenvalue weighted by molar-refractivity contribution is 6.08. The molecule has 3 atom stereocenters. The molecule has 5 heteroatoms. The van der Waals surface area contributed by atoms with Crippen molar-refractivity contribution in [3.8, 4) is 0 Å². The van der Waals surface area contributed by atoms with Gasteiger partial charge in [-0.15, -0.1) is 0 Å². The van der Waals surface area contributed by atoms with Gasteiger partial charge in [-0.2, -0.15) is 0 Å². The molecule has 5 nitrogen and oxygen atoms in total. The summed E-state index contributed by atoms with van der Waals surface area (Å²) in [6, 6.07) is 33.2. The van der Waals surface area contributed by atoms with Crippen molar-refractivity contribution >= 4 is 33.5 Å². The highest BCUT2D eigenvalue weighted by Gasteiger charge is 2.40. The molecule has 0 aromatic heterocycles. The second kappa shape index (κ2) is 10.9. The van der Waals surface area contributed by atoms with Gasteiger partial charge in [-0.3, -0.25) is 0 Å². The van der Waals surface area contributed by atoms with Crippen LogP contribution in [0.4, 0.5) is 0 Å². The largest absolute Gasteiger partial charge is 0.459 e. The molecule has 0 saturated carbocycles. The standard InChI is InChI=1S/C35H30O5/c1-22-10-14-25(15-11-22)34(36)38-21-33-32(40-35(37)26-16-12-23(2)13-17-26)20-31(39-33)30-9-5-8-28-27-7-4-3-6-24(27)18-19-29(28)30/h3-19,31-33H,20-21H2,1-2H3/t31-,32-,33+/m0/s1. The number of fused-ring (bicyclic) bond motifs is 3. The van der Waals surface area contributed by atoms with E-state index in [2.05, 4.69) is 36.4 Å². The first-order valence-corrected chi connectivity index (χ1v) is 13.5. The molecule has 5 aromatic carbocycles. The van der Waals surface area contributed by atoms with Gasteiger partial charge in [-0.25, -0.2) is 9.59 Å². The molecule has 0 radical (unpaired) electrons. The van der Waals surface area contributed by atoms with Crippen molar-refractivity contribution in [3.05, 3.63) is 131 Å². The lowest BCUT2D eigenvalue weighted by Gasteiger charge is -2.19. The number of aryl methyl sites for hydroxylation is 2. The summed E-state index contributed by atoms with van der Waals surface area (Å²) < 4.78 is 18.1. The monoisotopic (exact) mass is 530 g/mol. The Labute approximate surface area is 233 Å². The normalized spacial score (nSPS) is 18.6. The Balaban J connectivity index is 1.28. The quantitative estimate of drug-likeness (QED) is 0.168. The number of hydrogen-bond acceptors (Lipinski definition) is 5. The molecular formula is C35H30O5. The van der Waals surface area contributed by atoms with E-state index in [0.29, 0.717) is 17.5 Å². The Bertz CT molecular complexity index is 1690. The zero-order valence-corrected chi connectivity index (χ0v) is 22.5. The molecule has 0 unspecified atom stereocenters. The summed E-state index contributed by atoms with van der Waals surface area (Å²) in [5.74, 6) is -0.861. The summed E-state index contributed by atoms with van der Waals surface area (Å²) in [7, 11) is 0. The minimum Gasteiger partial charge on any atom is -0.459 e. The Kier molecular flexibility index (Phi) is 7.06. The van der Waals surface area contributed by atoms with Gasteiger partial charge in [0.2, 0.25) is 0 Å². The van der Waals surface area contributed by atoms with E-state index in [4.69, 9.17) is 14.2 Å². The van der Waals surface area contributed by atoms with Crippen molar-refractivity contribution < 1.29 is 23.8 Å². The smallest absolute Gasteiger partial charge is 0.338 e. The number of benzene rings is 5. The molecule has 0 N–H and O–H groups in total. The van der Waals surface area contributed by atoms with E-state index in [0.717, 1.165) is 27.5 Å². The molecule has 1 fully saturated rings. The SMILES string of the molecule is Cc1ccc(C(=O)OC[C@H]2O[C@H](c3cccc4c3ccc3ccccc34)C[C@@H]2OC(=O)c2ccc(C)cc2)cc1. The molecule has 40 heavy (non-hydrogen) atoms. The number of rotatable bonds is 6. The van der Waals surface area contributed by atoms with Gasteiger partial charge in [-0.05, 0) is 65.2 Å². The lowest BCUT2D eigenvalue weighted by Crippen LogP contribution is -2.32. The Morgan fingerprint density at radius 2 is 1.35 bits per heavy atom. The molecular weight excluding hydrogens is 500 g/mol. The molecule has 5 aromatic rings. The Morgan fingerprint density at radius 3 is 2.08 bits per heavy atom. The predicted octanol–water partition coefficient (Wildman–Crippen LogP) is 7.52. The fourth-order valence-electron chi connectivity index (χ4n) is 5.36. The van der Waals surface area contributed by atoms with Crippen molar-refractivity contribution in [1.82, 2.24) is 0 Å². The maximum absolute atomic E-state index is 13.1. The van der Waals surface area contributed by atoms with Crippen LogP contribution in [0.5, 0.6) is 0 Å². The molecule has 0 amide bonds. The van der Waals surface area contributed by atoms with Crippen LogP contribution in [0.3, 0.4) is 0 Å². The van der Waals surface area contributed by atoms with Gasteiger partial charge in [0.05, 0.1) is 17.2 Å². The molecule has 1 heterocycles. The van der Waals surface area contributed by atoms with Gasteiger partial charge in [0.15, 0.2) is 0 Å². The van der Waals surface area contributed by atoms with Gasteiger partial charge < -0.3 is 14.2 Å². The first-order chi connectivity index (χ1) is 19.5. The maximum atomic E-state index is 13.1. The average Bonchev–Trinajstić information content (AvgIpc) is 3.38. The van der Waals surface area contributed by atoms with E-state index >= 15 is 0 Å². The summed E-state index contributed by atoms with van der Waals surface area (Å²) >= 11 is 0. The van der Waals surface area contributed by atoms with E-state index in [1.807, 2.05) is 56.3 Å². The predicted molar refractivity (Wildman–Crippen MR) is 156 cm³/mol. The second-order valence-electron chi connectivity index (χ2n) is 10.4. The summed E-state index contributed by atoms with van der Waals surface area (Å²) in [6.45, 7) is 3.91. The van der Waals surface area contributed by atoms with Crippen LogP contribution in [0.15, 0.2) is 103 Å². The van der Waals surface area contributed by atoms with Crippen molar-refractivity contribution in [1.29, 1.82) is 0 Å². The number of esters is 2. The molecule has 1 aliphatic rings. The van der Waals surface area contributed by atoms with Crippen LogP contribution >= 0.6 is 0 Å². The fraction of sp³-hybridized carbons (Fsp3) is 0.200. The van der Waals surface area contributed by atoms with Crippen molar-refractivity contribution in [2.75, 3.05) is 6.61 Å². The molecule has 0 aliphatic carbocycles. The van der Waals surface area contributed by atoms with Crippen LogP contribution in [0.1, 0.15) is 49.9 Å².